The van der Waals surface area contributed by atoms with E-state index in [0.717, 1.165) is 30.6 Å². The standard InChI is InChI=1S/C18H30N2O3/c1-4-6-7-8-12-16(17(5-2)20(21)22)19-14-15-11-9-10-13-18(15)23-3/h9-11,13,16-17,19H,4-8,12,14H2,1-3H3/t16-,17+/m0/s1. The lowest BCUT2D eigenvalue weighted by molar-refractivity contribution is -0.527. The van der Waals surface area contributed by atoms with Gasteiger partial charge in [-0.15, -0.1) is 0 Å². The van der Waals surface area contributed by atoms with Gasteiger partial charge >= 0.3 is 0 Å². The number of rotatable bonds is 12. The second-order valence-corrected chi connectivity index (χ2v) is 5.91. The SMILES string of the molecule is CCCCCC[C@H](NCc1ccccc1OC)[C@@H](CC)[N+](=O)[O-]. The van der Waals surface area contributed by atoms with Gasteiger partial charge in [-0.1, -0.05) is 57.7 Å². The fourth-order valence-corrected chi connectivity index (χ4v) is 2.89. The Morgan fingerprint density at radius 1 is 1.22 bits per heavy atom. The van der Waals surface area contributed by atoms with E-state index in [0.29, 0.717) is 13.0 Å². The van der Waals surface area contributed by atoms with Crippen LogP contribution in [0, 0.1) is 10.1 Å². The molecule has 0 fully saturated rings. The molecule has 0 aliphatic carbocycles. The number of nitrogens with zero attached hydrogens (tertiary/aromatic N) is 1. The van der Waals surface area contributed by atoms with Gasteiger partial charge in [-0.25, -0.2) is 0 Å². The number of benzene rings is 1. The highest BCUT2D eigenvalue weighted by molar-refractivity contribution is 5.33. The summed E-state index contributed by atoms with van der Waals surface area (Å²) in [6.07, 6.45) is 5.92. The van der Waals surface area contributed by atoms with Crippen LogP contribution in [0.2, 0.25) is 0 Å². The van der Waals surface area contributed by atoms with Gasteiger partial charge in [0.2, 0.25) is 6.04 Å². The molecule has 0 heterocycles. The van der Waals surface area contributed by atoms with E-state index < -0.39 is 6.04 Å². The van der Waals surface area contributed by atoms with Gasteiger partial charge in [-0.2, -0.15) is 0 Å². The zero-order valence-electron chi connectivity index (χ0n) is 14.6. The molecule has 0 spiro atoms. The lowest BCUT2D eigenvalue weighted by Crippen LogP contribution is -2.43. The van der Waals surface area contributed by atoms with E-state index in [9.17, 15) is 10.1 Å². The highest BCUT2D eigenvalue weighted by Gasteiger charge is 2.28. The van der Waals surface area contributed by atoms with E-state index in [2.05, 4.69) is 12.2 Å². The van der Waals surface area contributed by atoms with Crippen molar-refractivity contribution in [1.82, 2.24) is 5.32 Å². The smallest absolute Gasteiger partial charge is 0.227 e. The zero-order valence-corrected chi connectivity index (χ0v) is 14.6. The molecule has 0 aliphatic rings. The van der Waals surface area contributed by atoms with E-state index in [-0.39, 0.29) is 11.0 Å². The van der Waals surface area contributed by atoms with Crippen molar-refractivity contribution < 1.29 is 9.66 Å². The molecule has 0 aliphatic heterocycles. The number of nitro groups is 1. The second-order valence-electron chi connectivity index (χ2n) is 5.91. The summed E-state index contributed by atoms with van der Waals surface area (Å²) >= 11 is 0. The van der Waals surface area contributed by atoms with Crippen molar-refractivity contribution in [3.63, 3.8) is 0 Å². The molecule has 0 saturated heterocycles. The number of unbranched alkanes of at least 4 members (excludes halogenated alkanes) is 3. The fraction of sp³-hybridized carbons (Fsp3) is 0.667. The molecule has 23 heavy (non-hydrogen) atoms. The number of hydrogen-bond donors (Lipinski definition) is 1. The van der Waals surface area contributed by atoms with Crippen LogP contribution in [-0.2, 0) is 6.54 Å². The highest BCUT2D eigenvalue weighted by Crippen LogP contribution is 2.19. The molecule has 1 rings (SSSR count). The topological polar surface area (TPSA) is 64.4 Å². The van der Waals surface area contributed by atoms with Gasteiger partial charge in [0.15, 0.2) is 0 Å². The molecular formula is C18H30N2O3. The van der Waals surface area contributed by atoms with Gasteiger partial charge in [-0.3, -0.25) is 10.1 Å². The number of para-hydroxylation sites is 1. The van der Waals surface area contributed by atoms with Crippen LogP contribution in [-0.4, -0.2) is 24.1 Å². The van der Waals surface area contributed by atoms with Crippen LogP contribution in [0.3, 0.4) is 0 Å². The van der Waals surface area contributed by atoms with Gasteiger partial charge in [0.1, 0.15) is 5.75 Å². The van der Waals surface area contributed by atoms with Crippen LogP contribution in [0.4, 0.5) is 0 Å². The third-order valence-corrected chi connectivity index (χ3v) is 4.27. The van der Waals surface area contributed by atoms with Crippen LogP contribution in [0.1, 0.15) is 57.9 Å². The normalized spacial score (nSPS) is 13.5. The van der Waals surface area contributed by atoms with E-state index >= 15 is 0 Å². The lowest BCUT2D eigenvalue weighted by Gasteiger charge is -2.22. The summed E-state index contributed by atoms with van der Waals surface area (Å²) in [6.45, 7) is 4.65. The first kappa shape index (κ1) is 19.4. The molecule has 0 unspecified atom stereocenters. The van der Waals surface area contributed by atoms with Gasteiger partial charge in [0, 0.05) is 23.5 Å². The van der Waals surface area contributed by atoms with E-state index in [1.165, 1.54) is 12.8 Å². The summed E-state index contributed by atoms with van der Waals surface area (Å²) in [5, 5.41) is 14.7. The average Bonchev–Trinajstić information content (AvgIpc) is 2.56. The largest absolute Gasteiger partial charge is 0.496 e. The Labute approximate surface area is 139 Å². The Kier molecular flexibility index (Phi) is 9.29. The first-order chi connectivity index (χ1) is 11.1. The first-order valence-electron chi connectivity index (χ1n) is 8.62. The molecule has 0 radical (unpaired) electrons. The van der Waals surface area contributed by atoms with Crippen molar-refractivity contribution in [2.24, 2.45) is 0 Å². The van der Waals surface area contributed by atoms with Crippen molar-refractivity contribution in [2.75, 3.05) is 7.11 Å². The Morgan fingerprint density at radius 3 is 2.57 bits per heavy atom. The summed E-state index contributed by atoms with van der Waals surface area (Å²) in [6, 6.07) is 7.16. The molecular weight excluding hydrogens is 292 g/mol. The lowest BCUT2D eigenvalue weighted by atomic mass is 9.98. The number of nitrogens with one attached hydrogen (secondary N) is 1. The van der Waals surface area contributed by atoms with Crippen LogP contribution < -0.4 is 10.1 Å². The minimum absolute atomic E-state index is 0.100. The summed E-state index contributed by atoms with van der Waals surface area (Å²) in [5.74, 6) is 0.818. The van der Waals surface area contributed by atoms with E-state index in [1.807, 2.05) is 31.2 Å². The van der Waals surface area contributed by atoms with Crippen LogP contribution in [0.5, 0.6) is 5.75 Å². The van der Waals surface area contributed by atoms with Gasteiger partial charge in [0.25, 0.3) is 0 Å². The quantitative estimate of drug-likeness (QED) is 0.356. The summed E-state index contributed by atoms with van der Waals surface area (Å²) in [4.78, 5) is 11.2. The molecule has 1 N–H and O–H groups in total. The summed E-state index contributed by atoms with van der Waals surface area (Å²) < 4.78 is 5.35. The Hall–Kier alpha value is -1.62. The minimum Gasteiger partial charge on any atom is -0.496 e. The molecule has 0 aromatic heterocycles. The molecule has 1 aromatic carbocycles. The second kappa shape index (κ2) is 11.0. The molecule has 0 saturated carbocycles. The van der Waals surface area contributed by atoms with Crippen LogP contribution in [0.25, 0.3) is 0 Å². The van der Waals surface area contributed by atoms with Crippen molar-refractivity contribution in [3.05, 3.63) is 39.9 Å². The van der Waals surface area contributed by atoms with Crippen molar-refractivity contribution in [3.8, 4) is 5.75 Å². The Bertz CT molecular complexity index is 465. The number of methoxy groups -OCH3 is 1. The molecule has 130 valence electrons. The van der Waals surface area contributed by atoms with E-state index in [4.69, 9.17) is 4.74 Å². The number of ether oxygens (including phenoxy) is 1. The maximum absolute atomic E-state index is 11.3. The molecule has 2 atom stereocenters. The predicted octanol–water partition coefficient (Wildman–Crippen LogP) is 4.18. The van der Waals surface area contributed by atoms with Crippen molar-refractivity contribution in [1.29, 1.82) is 0 Å². The molecule has 5 nitrogen and oxygen atoms in total. The number of hydrogen-bond acceptors (Lipinski definition) is 4. The molecule has 1 aromatic rings. The highest BCUT2D eigenvalue weighted by atomic mass is 16.6. The van der Waals surface area contributed by atoms with Gasteiger partial charge < -0.3 is 10.1 Å². The molecule has 5 heteroatoms. The summed E-state index contributed by atoms with van der Waals surface area (Å²) in [7, 11) is 1.65. The maximum Gasteiger partial charge on any atom is 0.227 e. The van der Waals surface area contributed by atoms with Gasteiger partial charge in [0.05, 0.1) is 13.2 Å². The summed E-state index contributed by atoms with van der Waals surface area (Å²) in [5.41, 5.74) is 1.03. The predicted molar refractivity (Wildman–Crippen MR) is 93.5 cm³/mol. The van der Waals surface area contributed by atoms with E-state index in [1.54, 1.807) is 7.11 Å². The first-order valence-corrected chi connectivity index (χ1v) is 8.62. The maximum atomic E-state index is 11.3. The molecule has 0 bridgehead atoms. The van der Waals surface area contributed by atoms with Crippen LogP contribution in [0.15, 0.2) is 24.3 Å². The Balaban J connectivity index is 2.69. The van der Waals surface area contributed by atoms with Crippen molar-refractivity contribution >= 4 is 0 Å². The zero-order chi connectivity index (χ0) is 17.1. The fourth-order valence-electron chi connectivity index (χ4n) is 2.89. The average molecular weight is 322 g/mol. The monoisotopic (exact) mass is 322 g/mol. The molecule has 0 amide bonds. The van der Waals surface area contributed by atoms with Gasteiger partial charge in [-0.05, 0) is 12.5 Å². The third kappa shape index (κ3) is 6.57. The Morgan fingerprint density at radius 2 is 1.96 bits per heavy atom. The third-order valence-electron chi connectivity index (χ3n) is 4.27. The van der Waals surface area contributed by atoms with Crippen LogP contribution >= 0.6 is 0 Å². The minimum atomic E-state index is -0.536. The van der Waals surface area contributed by atoms with Crippen molar-refractivity contribution in [2.45, 2.75) is 71.0 Å².